The summed E-state index contributed by atoms with van der Waals surface area (Å²) < 4.78 is 5.59. The zero-order chi connectivity index (χ0) is 34.6. The van der Waals surface area contributed by atoms with E-state index in [1.807, 2.05) is 91.0 Å². The minimum Gasteiger partial charge on any atom is -0.421 e. The van der Waals surface area contributed by atoms with E-state index in [1.165, 1.54) is 0 Å². The number of hydrogen-bond donors (Lipinski definition) is 2. The molecule has 0 saturated carbocycles. The van der Waals surface area contributed by atoms with E-state index >= 15 is 0 Å². The fourth-order valence-corrected chi connectivity index (χ4v) is 6.22. The number of aromatic nitrogens is 2. The summed E-state index contributed by atoms with van der Waals surface area (Å²) >= 11 is 0. The van der Waals surface area contributed by atoms with Crippen molar-refractivity contribution < 1.29 is 4.74 Å². The maximum atomic E-state index is 8.51. The minimum absolute atomic E-state index is 0.0560. The highest BCUT2D eigenvalue weighted by molar-refractivity contribution is 6.05. The van der Waals surface area contributed by atoms with Crippen molar-refractivity contribution in [1.82, 2.24) is 9.97 Å². The van der Waals surface area contributed by atoms with Gasteiger partial charge in [-0.2, -0.15) is 0 Å². The average molecular weight is 657 g/mol. The van der Waals surface area contributed by atoms with Crippen molar-refractivity contribution in [2.75, 3.05) is 0 Å². The molecule has 8 rings (SSSR count). The van der Waals surface area contributed by atoms with Gasteiger partial charge < -0.3 is 4.74 Å². The summed E-state index contributed by atoms with van der Waals surface area (Å²) in [5.74, 6) is 0.562. The maximum absolute atomic E-state index is 8.51. The van der Waals surface area contributed by atoms with E-state index < -0.39 is 0 Å². The fourth-order valence-electron chi connectivity index (χ4n) is 6.22. The molecule has 0 bridgehead atoms. The molecular formula is C46H32N4O. The van der Waals surface area contributed by atoms with Gasteiger partial charge in [-0.05, 0) is 75.5 Å². The van der Waals surface area contributed by atoms with Crippen LogP contribution in [0.5, 0.6) is 0 Å². The lowest BCUT2D eigenvalue weighted by Crippen LogP contribution is -2.12. The average Bonchev–Trinajstić information content (AvgIpc) is 3.21. The molecule has 5 heteroatoms. The second-order valence-electron chi connectivity index (χ2n) is 12.2. The Morgan fingerprint density at radius 1 is 0.373 bits per heavy atom. The number of rotatable bonds is 7. The van der Waals surface area contributed by atoms with E-state index in [4.69, 9.17) is 25.5 Å². The summed E-state index contributed by atoms with van der Waals surface area (Å²) in [6.45, 7) is 0. The van der Waals surface area contributed by atoms with Crippen LogP contribution in [0.15, 0.2) is 182 Å². The van der Waals surface area contributed by atoms with Crippen molar-refractivity contribution in [3.05, 3.63) is 193 Å². The van der Waals surface area contributed by atoms with Crippen molar-refractivity contribution in [2.45, 2.75) is 0 Å². The molecule has 8 aromatic rings. The zero-order valence-corrected chi connectivity index (χ0v) is 27.6. The summed E-state index contributed by atoms with van der Waals surface area (Å²) in [5.41, 5.74) is 10.2. The SMILES string of the molecule is N=C(OC(=N)c1ccc(-c2cc3ccccc3cc2-c2ccc(-c3cc(-c4ccccc4)nc(-c4ccccc4)n3)cc2)cc1)c1ccccc1. The standard InChI is InChI=1S/C46H32N4O/c47-44(35-14-6-2-7-15-35)51-45(48)36-26-22-32(23-27-36)41-29-39-19-11-10-18-38(39)28-40(41)31-20-24-34(25-21-31)43-30-42(33-12-4-1-5-13-33)49-46(50-43)37-16-8-3-9-17-37/h1-30,47-48H. The third-order valence-corrected chi connectivity index (χ3v) is 8.90. The number of fused-ring (bicyclic) bond motifs is 1. The molecule has 0 fully saturated rings. The van der Waals surface area contributed by atoms with Gasteiger partial charge in [-0.25, -0.2) is 9.97 Å². The van der Waals surface area contributed by atoms with Gasteiger partial charge in [0.15, 0.2) is 5.82 Å². The van der Waals surface area contributed by atoms with E-state index in [0.717, 1.165) is 61.1 Å². The lowest BCUT2D eigenvalue weighted by Gasteiger charge is -2.15. The third kappa shape index (κ3) is 6.69. The maximum Gasteiger partial charge on any atom is 0.221 e. The van der Waals surface area contributed by atoms with Gasteiger partial charge in [-0.1, -0.05) is 140 Å². The van der Waals surface area contributed by atoms with Gasteiger partial charge >= 0.3 is 0 Å². The first-order chi connectivity index (χ1) is 25.1. The van der Waals surface area contributed by atoms with Crippen LogP contribution in [0, 0.1) is 10.8 Å². The van der Waals surface area contributed by atoms with E-state index in [9.17, 15) is 0 Å². The van der Waals surface area contributed by atoms with E-state index in [1.54, 1.807) is 12.1 Å². The lowest BCUT2D eigenvalue weighted by molar-refractivity contribution is 0.538. The highest BCUT2D eigenvalue weighted by atomic mass is 16.5. The Bertz CT molecular complexity index is 2440. The number of benzene rings is 7. The highest BCUT2D eigenvalue weighted by Crippen LogP contribution is 2.37. The van der Waals surface area contributed by atoms with Gasteiger partial charge in [-0.3, -0.25) is 10.8 Å². The zero-order valence-electron chi connectivity index (χ0n) is 27.6. The monoisotopic (exact) mass is 656 g/mol. The van der Waals surface area contributed by atoms with Crippen LogP contribution >= 0.6 is 0 Å². The molecule has 0 aliphatic heterocycles. The minimum atomic E-state index is -0.0692. The normalized spacial score (nSPS) is 10.9. The molecule has 0 aliphatic carbocycles. The van der Waals surface area contributed by atoms with Gasteiger partial charge in [-0.15, -0.1) is 0 Å². The molecule has 7 aromatic carbocycles. The van der Waals surface area contributed by atoms with Crippen molar-refractivity contribution in [1.29, 1.82) is 10.8 Å². The van der Waals surface area contributed by atoms with Crippen molar-refractivity contribution in [3.63, 3.8) is 0 Å². The molecule has 1 heterocycles. The van der Waals surface area contributed by atoms with E-state index in [-0.39, 0.29) is 11.8 Å². The number of hydrogen-bond acceptors (Lipinski definition) is 5. The first kappa shape index (κ1) is 31.3. The van der Waals surface area contributed by atoms with Gasteiger partial charge in [0, 0.05) is 27.8 Å². The van der Waals surface area contributed by atoms with Crippen molar-refractivity contribution in [3.8, 4) is 56.2 Å². The van der Waals surface area contributed by atoms with Crippen LogP contribution in [0.4, 0.5) is 0 Å². The molecule has 0 aliphatic rings. The molecule has 0 unspecified atom stereocenters. The quantitative estimate of drug-likeness (QED) is 0.132. The molecule has 1 aromatic heterocycles. The molecule has 5 nitrogen and oxygen atoms in total. The summed E-state index contributed by atoms with van der Waals surface area (Å²) in [7, 11) is 0. The second-order valence-corrected chi connectivity index (χ2v) is 12.2. The fraction of sp³-hybridized carbons (Fsp3) is 0. The van der Waals surface area contributed by atoms with Crippen LogP contribution in [0.3, 0.4) is 0 Å². The third-order valence-electron chi connectivity index (χ3n) is 8.90. The first-order valence-electron chi connectivity index (χ1n) is 16.7. The van der Waals surface area contributed by atoms with Crippen LogP contribution in [-0.2, 0) is 4.74 Å². The van der Waals surface area contributed by atoms with Crippen LogP contribution in [0.2, 0.25) is 0 Å². The second kappa shape index (κ2) is 13.9. The van der Waals surface area contributed by atoms with E-state index in [0.29, 0.717) is 17.0 Å². The van der Waals surface area contributed by atoms with Gasteiger partial charge in [0.2, 0.25) is 11.8 Å². The Balaban J connectivity index is 1.14. The molecular weight excluding hydrogens is 625 g/mol. The number of ether oxygens (including phenoxy) is 1. The van der Waals surface area contributed by atoms with Crippen molar-refractivity contribution in [2.24, 2.45) is 0 Å². The lowest BCUT2D eigenvalue weighted by atomic mass is 9.90. The molecule has 242 valence electrons. The van der Waals surface area contributed by atoms with Crippen LogP contribution < -0.4 is 0 Å². The summed E-state index contributed by atoms with van der Waals surface area (Å²) in [5, 5.41) is 19.1. The topological polar surface area (TPSA) is 82.7 Å². The molecule has 0 saturated heterocycles. The summed E-state index contributed by atoms with van der Waals surface area (Å²) in [4.78, 5) is 9.95. The van der Waals surface area contributed by atoms with Gasteiger partial charge in [0.25, 0.3) is 0 Å². The Kier molecular flexibility index (Phi) is 8.51. The molecule has 2 N–H and O–H groups in total. The molecule has 51 heavy (non-hydrogen) atoms. The molecule has 0 amide bonds. The number of nitrogens with one attached hydrogen (secondary N) is 2. The molecule has 0 spiro atoms. The van der Waals surface area contributed by atoms with Gasteiger partial charge in [0.1, 0.15) is 0 Å². The Hall–Kier alpha value is -6.98. The summed E-state index contributed by atoms with van der Waals surface area (Å²) in [6, 6.07) is 60.7. The van der Waals surface area contributed by atoms with Gasteiger partial charge in [0.05, 0.1) is 11.4 Å². The number of nitrogens with zero attached hydrogens (tertiary/aromatic N) is 2. The predicted octanol–water partition coefficient (Wildman–Crippen LogP) is 11.3. The van der Waals surface area contributed by atoms with E-state index in [2.05, 4.69) is 78.9 Å². The highest BCUT2D eigenvalue weighted by Gasteiger charge is 2.15. The Morgan fingerprint density at radius 2 is 0.765 bits per heavy atom. The van der Waals surface area contributed by atoms with Crippen LogP contribution in [0.1, 0.15) is 11.1 Å². The smallest absolute Gasteiger partial charge is 0.221 e. The summed E-state index contributed by atoms with van der Waals surface area (Å²) in [6.07, 6.45) is 0. The van der Waals surface area contributed by atoms with Crippen molar-refractivity contribution >= 4 is 22.6 Å². The molecule has 0 radical (unpaired) electrons. The van der Waals surface area contributed by atoms with Crippen LogP contribution in [-0.4, -0.2) is 21.8 Å². The van der Waals surface area contributed by atoms with Crippen LogP contribution in [0.25, 0.3) is 66.9 Å². The Morgan fingerprint density at radius 3 is 1.29 bits per heavy atom. The first-order valence-corrected chi connectivity index (χ1v) is 16.7. The Labute approximate surface area is 296 Å². The molecule has 0 atom stereocenters. The predicted molar refractivity (Wildman–Crippen MR) is 208 cm³/mol. The largest absolute Gasteiger partial charge is 0.421 e.